The number of amidine groups is 1. The van der Waals surface area contributed by atoms with E-state index in [0.29, 0.717) is 25.2 Å². The number of hydrogen-bond acceptors (Lipinski definition) is 7. The first-order chi connectivity index (χ1) is 20.4. The summed E-state index contributed by atoms with van der Waals surface area (Å²) in [6.45, 7) is 12.5. The molecule has 2 aromatic rings. The van der Waals surface area contributed by atoms with Crippen molar-refractivity contribution >= 4 is 5.84 Å². The largest absolute Gasteiger partial charge is 0.387 e. The fourth-order valence-electron chi connectivity index (χ4n) is 4.74. The molecular weight excluding hydrogens is 527 g/mol. The number of aliphatic hydroxyl groups excluding tert-OH is 1. The summed E-state index contributed by atoms with van der Waals surface area (Å²) in [6, 6.07) is 15.4. The molecule has 0 spiro atoms. The standard InChI is InChI=1S/C32H45FN6O.C2H6/c1-6-8-13-30(29(7-2)34-3)39(23-27-11-9-10-12-28(27)33)24-31(40)35-18-20-37(4)22-25-14-16-26(17-15-25)32-36-19-21-38(32)5;1-2/h6-17,31,34-35,40H,18-24H2,1-5H3;1-2H3/b8-6+,29-7+,30-13+;. The highest BCUT2D eigenvalue weighted by molar-refractivity contribution is 5.99. The van der Waals surface area contributed by atoms with E-state index in [0.717, 1.165) is 49.0 Å². The van der Waals surface area contributed by atoms with Crippen molar-refractivity contribution in [3.8, 4) is 0 Å². The Kier molecular flexibility index (Phi) is 15.6. The number of aliphatic hydroxyl groups is 1. The summed E-state index contributed by atoms with van der Waals surface area (Å²) in [6.07, 6.45) is 7.06. The molecule has 0 aliphatic carbocycles. The summed E-state index contributed by atoms with van der Waals surface area (Å²) in [7, 11) is 6.01. The maximum Gasteiger partial charge on any atom is 0.130 e. The lowest BCUT2D eigenvalue weighted by atomic mass is 10.1. The van der Waals surface area contributed by atoms with Crippen LogP contribution in [0.25, 0.3) is 0 Å². The van der Waals surface area contributed by atoms with Crippen LogP contribution in [0.4, 0.5) is 4.39 Å². The molecule has 1 aliphatic rings. The molecule has 3 N–H and O–H groups in total. The van der Waals surface area contributed by atoms with E-state index < -0.39 is 6.23 Å². The third-order valence-electron chi connectivity index (χ3n) is 6.93. The lowest BCUT2D eigenvalue weighted by Crippen LogP contribution is -2.43. The molecule has 1 heterocycles. The molecule has 0 radical (unpaired) electrons. The van der Waals surface area contributed by atoms with Crippen LogP contribution in [0.2, 0.25) is 0 Å². The summed E-state index contributed by atoms with van der Waals surface area (Å²) in [4.78, 5) is 11.0. The second-order valence-corrected chi connectivity index (χ2v) is 10.0. The Balaban J connectivity index is 0.00000301. The topological polar surface area (TPSA) is 66.4 Å². The lowest BCUT2D eigenvalue weighted by molar-refractivity contribution is 0.0933. The maximum atomic E-state index is 14.6. The quantitative estimate of drug-likeness (QED) is 0.205. The van der Waals surface area contributed by atoms with Crippen molar-refractivity contribution in [2.24, 2.45) is 4.99 Å². The van der Waals surface area contributed by atoms with Gasteiger partial charge in [0.2, 0.25) is 0 Å². The van der Waals surface area contributed by atoms with Gasteiger partial charge in [-0.1, -0.05) is 74.5 Å². The van der Waals surface area contributed by atoms with Gasteiger partial charge in [0.05, 0.1) is 24.5 Å². The smallest absolute Gasteiger partial charge is 0.130 e. The molecule has 42 heavy (non-hydrogen) atoms. The minimum absolute atomic E-state index is 0.260. The lowest BCUT2D eigenvalue weighted by Gasteiger charge is -2.31. The van der Waals surface area contributed by atoms with Crippen molar-refractivity contribution in [2.75, 3.05) is 53.9 Å². The van der Waals surface area contributed by atoms with Crippen molar-refractivity contribution in [3.63, 3.8) is 0 Å². The molecule has 0 bridgehead atoms. The number of allylic oxidation sites excluding steroid dienone is 4. The molecule has 2 aromatic carbocycles. The normalized spacial score (nSPS) is 14.6. The van der Waals surface area contributed by atoms with E-state index in [9.17, 15) is 9.50 Å². The van der Waals surface area contributed by atoms with Crippen molar-refractivity contribution in [2.45, 2.75) is 47.0 Å². The molecule has 1 unspecified atom stereocenters. The number of nitrogens with one attached hydrogen (secondary N) is 2. The van der Waals surface area contributed by atoms with Crippen LogP contribution in [0.1, 0.15) is 44.4 Å². The van der Waals surface area contributed by atoms with Gasteiger partial charge >= 0.3 is 0 Å². The van der Waals surface area contributed by atoms with Crippen LogP contribution in [-0.2, 0) is 13.1 Å². The number of nitrogens with zero attached hydrogens (tertiary/aromatic N) is 4. The van der Waals surface area contributed by atoms with Crippen LogP contribution < -0.4 is 10.6 Å². The highest BCUT2D eigenvalue weighted by atomic mass is 19.1. The van der Waals surface area contributed by atoms with E-state index in [2.05, 4.69) is 63.8 Å². The van der Waals surface area contributed by atoms with Crippen LogP contribution in [0.3, 0.4) is 0 Å². The van der Waals surface area contributed by atoms with Gasteiger partial charge in [0.1, 0.15) is 17.9 Å². The number of hydrogen-bond donors (Lipinski definition) is 3. The van der Waals surface area contributed by atoms with Gasteiger partial charge in [-0.3, -0.25) is 10.3 Å². The number of likely N-dealkylation sites (N-methyl/N-ethyl adjacent to an activating group) is 3. The Morgan fingerprint density at radius 3 is 2.43 bits per heavy atom. The predicted molar refractivity (Wildman–Crippen MR) is 175 cm³/mol. The summed E-state index contributed by atoms with van der Waals surface area (Å²) < 4.78 is 14.6. The number of aliphatic imine (C=N–C) groups is 1. The molecule has 3 rings (SSSR count). The van der Waals surface area contributed by atoms with Crippen molar-refractivity contribution in [1.82, 2.24) is 25.3 Å². The van der Waals surface area contributed by atoms with Crippen molar-refractivity contribution < 1.29 is 9.50 Å². The molecule has 1 atom stereocenters. The van der Waals surface area contributed by atoms with Crippen LogP contribution in [0.5, 0.6) is 0 Å². The number of benzene rings is 2. The Labute approximate surface area is 253 Å². The molecule has 8 heteroatoms. The maximum absolute atomic E-state index is 14.6. The molecule has 7 nitrogen and oxygen atoms in total. The van der Waals surface area contributed by atoms with Gasteiger partial charge in [-0.15, -0.1) is 0 Å². The first-order valence-electron chi connectivity index (χ1n) is 15.0. The Bertz CT molecular complexity index is 1190. The Morgan fingerprint density at radius 1 is 1.12 bits per heavy atom. The molecule has 1 aliphatic heterocycles. The average molecular weight is 579 g/mol. The van der Waals surface area contributed by atoms with Crippen LogP contribution in [0, 0.1) is 5.82 Å². The van der Waals surface area contributed by atoms with Gasteiger partial charge in [-0.25, -0.2) is 4.39 Å². The second-order valence-electron chi connectivity index (χ2n) is 10.0. The Morgan fingerprint density at radius 2 is 1.83 bits per heavy atom. The van der Waals surface area contributed by atoms with Gasteiger partial charge in [-0.2, -0.15) is 0 Å². The minimum Gasteiger partial charge on any atom is -0.387 e. The summed E-state index contributed by atoms with van der Waals surface area (Å²) >= 11 is 0. The van der Waals surface area contributed by atoms with Gasteiger partial charge in [0, 0.05) is 57.9 Å². The second kappa shape index (κ2) is 18.9. The van der Waals surface area contributed by atoms with E-state index in [1.54, 1.807) is 12.1 Å². The third kappa shape index (κ3) is 10.7. The average Bonchev–Trinajstić information content (AvgIpc) is 3.43. The molecule has 230 valence electrons. The fourth-order valence-corrected chi connectivity index (χ4v) is 4.74. The van der Waals surface area contributed by atoms with E-state index in [-0.39, 0.29) is 5.82 Å². The monoisotopic (exact) mass is 578 g/mol. The highest BCUT2D eigenvalue weighted by Crippen LogP contribution is 2.19. The third-order valence-corrected chi connectivity index (χ3v) is 6.93. The van der Waals surface area contributed by atoms with E-state index in [1.165, 1.54) is 11.6 Å². The van der Waals surface area contributed by atoms with Gasteiger partial charge in [0.15, 0.2) is 0 Å². The summed E-state index contributed by atoms with van der Waals surface area (Å²) in [5.74, 6) is 0.798. The van der Waals surface area contributed by atoms with E-state index >= 15 is 0 Å². The summed E-state index contributed by atoms with van der Waals surface area (Å²) in [5.41, 5.74) is 4.73. The predicted octanol–water partition coefficient (Wildman–Crippen LogP) is 4.97. The first-order valence-corrected chi connectivity index (χ1v) is 15.0. The number of halogens is 1. The van der Waals surface area contributed by atoms with Gasteiger partial charge < -0.3 is 25.1 Å². The zero-order valence-corrected chi connectivity index (χ0v) is 26.6. The molecule has 0 fully saturated rings. The van der Waals surface area contributed by atoms with E-state index in [1.807, 2.05) is 70.0 Å². The van der Waals surface area contributed by atoms with Gasteiger partial charge in [-0.05, 0) is 38.6 Å². The number of rotatable bonds is 15. The molecule has 0 saturated carbocycles. The minimum atomic E-state index is -0.799. The van der Waals surface area contributed by atoms with Crippen LogP contribution >= 0.6 is 0 Å². The SMILES string of the molecule is C/C=C/C=C(\C(=C/C)NC)N(Cc1ccccc1F)CC(O)NCCN(C)Cc1ccc(C2=NCCN2C)cc1.CC. The van der Waals surface area contributed by atoms with Crippen molar-refractivity contribution in [3.05, 3.63) is 107 Å². The fraction of sp³-hybridized carbons (Fsp3) is 0.441. The molecular formula is C34H51FN6O. The zero-order chi connectivity index (χ0) is 30.9. The van der Waals surface area contributed by atoms with Crippen LogP contribution in [0.15, 0.2) is 89.2 Å². The van der Waals surface area contributed by atoms with Gasteiger partial charge in [0.25, 0.3) is 0 Å². The zero-order valence-electron chi connectivity index (χ0n) is 26.6. The van der Waals surface area contributed by atoms with Crippen molar-refractivity contribution in [1.29, 1.82) is 0 Å². The molecule has 0 aromatic heterocycles. The first kappa shape index (κ1) is 34.7. The summed E-state index contributed by atoms with van der Waals surface area (Å²) in [5, 5.41) is 17.4. The molecule has 0 amide bonds. The van der Waals surface area contributed by atoms with E-state index in [4.69, 9.17) is 0 Å². The van der Waals surface area contributed by atoms with Crippen LogP contribution in [-0.4, -0.2) is 85.7 Å². The highest BCUT2D eigenvalue weighted by Gasteiger charge is 2.19. The Hall–Kier alpha value is -3.46. The molecule has 0 saturated heterocycles.